The van der Waals surface area contributed by atoms with Gasteiger partial charge in [0.15, 0.2) is 5.11 Å². The van der Waals surface area contributed by atoms with E-state index in [9.17, 15) is 4.79 Å². The average Bonchev–Trinajstić information content (AvgIpc) is 2.25. The van der Waals surface area contributed by atoms with Crippen molar-refractivity contribution in [1.29, 1.82) is 0 Å². The third-order valence-electron chi connectivity index (χ3n) is 2.09. The molecule has 0 aromatic heterocycles. The second-order valence-corrected chi connectivity index (χ2v) is 4.55. The van der Waals surface area contributed by atoms with Crippen molar-refractivity contribution in [1.82, 2.24) is 10.4 Å². The Morgan fingerprint density at radius 2 is 2.06 bits per heavy atom. The smallest absolute Gasteiger partial charge is 0.271 e. The molecule has 1 aromatic rings. The lowest BCUT2D eigenvalue weighted by Gasteiger charge is -2.27. The highest BCUT2D eigenvalue weighted by Crippen LogP contribution is 2.14. The topological polar surface area (TPSA) is 58.4 Å². The summed E-state index contributed by atoms with van der Waals surface area (Å²) in [4.78, 5) is 11.9. The third kappa shape index (κ3) is 3.57. The number of halogens is 1. The minimum absolute atomic E-state index is 0.0288. The average molecular weight is 272 g/mol. The quantitative estimate of drug-likeness (QED) is 0.638. The number of rotatable bonds is 2. The van der Waals surface area contributed by atoms with E-state index in [1.807, 2.05) is 13.8 Å². The molecular formula is C11H14ClN3OS. The molecule has 0 unspecified atom stereocenters. The van der Waals surface area contributed by atoms with Crippen LogP contribution in [0, 0.1) is 0 Å². The predicted molar refractivity (Wildman–Crippen MR) is 72.7 cm³/mol. The van der Waals surface area contributed by atoms with Gasteiger partial charge in [-0.05, 0) is 38.2 Å². The van der Waals surface area contributed by atoms with Crippen LogP contribution in [0.1, 0.15) is 24.2 Å². The first-order valence-electron chi connectivity index (χ1n) is 5.07. The van der Waals surface area contributed by atoms with Crippen LogP contribution in [-0.4, -0.2) is 22.1 Å². The molecule has 0 atom stereocenters. The molecule has 3 N–H and O–H groups in total. The minimum Gasteiger partial charge on any atom is -0.375 e. The van der Waals surface area contributed by atoms with E-state index in [4.69, 9.17) is 29.6 Å². The predicted octanol–water partition coefficient (Wildman–Crippen LogP) is 1.94. The van der Waals surface area contributed by atoms with Crippen molar-refractivity contribution in [3.8, 4) is 0 Å². The summed E-state index contributed by atoms with van der Waals surface area (Å²) in [5, 5.41) is 1.91. The van der Waals surface area contributed by atoms with Crippen molar-refractivity contribution in [2.24, 2.45) is 5.73 Å². The molecule has 0 heterocycles. The van der Waals surface area contributed by atoms with Gasteiger partial charge in [0.2, 0.25) is 0 Å². The van der Waals surface area contributed by atoms with E-state index < -0.39 is 0 Å². The molecule has 0 saturated heterocycles. The Morgan fingerprint density at radius 3 is 2.53 bits per heavy atom. The summed E-state index contributed by atoms with van der Waals surface area (Å²) in [5.74, 6) is -0.336. The van der Waals surface area contributed by atoms with Crippen LogP contribution in [0.25, 0.3) is 0 Å². The van der Waals surface area contributed by atoms with Gasteiger partial charge in [-0.15, -0.1) is 0 Å². The van der Waals surface area contributed by atoms with Crippen LogP contribution in [0.3, 0.4) is 0 Å². The largest absolute Gasteiger partial charge is 0.375 e. The highest BCUT2D eigenvalue weighted by atomic mass is 35.5. The fraction of sp³-hybridized carbons (Fsp3) is 0.273. The second kappa shape index (κ2) is 5.84. The van der Waals surface area contributed by atoms with E-state index in [-0.39, 0.29) is 17.1 Å². The van der Waals surface area contributed by atoms with Gasteiger partial charge < -0.3 is 5.73 Å². The van der Waals surface area contributed by atoms with Gasteiger partial charge >= 0.3 is 0 Å². The summed E-state index contributed by atoms with van der Waals surface area (Å²) in [7, 11) is 0. The van der Waals surface area contributed by atoms with Crippen molar-refractivity contribution >= 4 is 34.8 Å². The first-order chi connectivity index (χ1) is 7.93. The summed E-state index contributed by atoms with van der Waals surface area (Å²) in [6.45, 7) is 3.73. The molecule has 0 bridgehead atoms. The molecule has 0 aliphatic rings. The van der Waals surface area contributed by atoms with E-state index >= 15 is 0 Å². The van der Waals surface area contributed by atoms with Crippen molar-refractivity contribution in [2.75, 3.05) is 0 Å². The number of nitrogens with zero attached hydrogens (tertiary/aromatic N) is 1. The van der Waals surface area contributed by atoms with Gasteiger partial charge in [-0.3, -0.25) is 15.2 Å². The molecule has 1 amide bonds. The van der Waals surface area contributed by atoms with E-state index in [0.29, 0.717) is 10.6 Å². The van der Waals surface area contributed by atoms with Crippen molar-refractivity contribution in [3.63, 3.8) is 0 Å². The van der Waals surface area contributed by atoms with Crippen molar-refractivity contribution < 1.29 is 4.79 Å². The fourth-order valence-corrected chi connectivity index (χ4v) is 1.73. The molecule has 1 aromatic carbocycles. The van der Waals surface area contributed by atoms with Gasteiger partial charge in [0.25, 0.3) is 5.91 Å². The number of thiocarbonyl (C=S) groups is 1. The van der Waals surface area contributed by atoms with E-state index in [0.717, 1.165) is 0 Å². The highest BCUT2D eigenvalue weighted by molar-refractivity contribution is 7.80. The van der Waals surface area contributed by atoms with Gasteiger partial charge in [-0.2, -0.15) is 0 Å². The van der Waals surface area contributed by atoms with Crippen LogP contribution in [0.15, 0.2) is 24.3 Å². The number of hydrogen-bond acceptors (Lipinski definition) is 2. The highest BCUT2D eigenvalue weighted by Gasteiger charge is 2.16. The molecule has 0 aliphatic heterocycles. The molecular weight excluding hydrogens is 258 g/mol. The fourth-order valence-electron chi connectivity index (χ4n) is 1.25. The Kier molecular flexibility index (Phi) is 4.72. The maximum atomic E-state index is 11.9. The number of hydrazine groups is 1. The molecule has 17 heavy (non-hydrogen) atoms. The van der Waals surface area contributed by atoms with E-state index in [2.05, 4.69) is 5.43 Å². The Hall–Kier alpha value is -1.33. The van der Waals surface area contributed by atoms with E-state index in [1.165, 1.54) is 5.01 Å². The Morgan fingerprint density at radius 1 is 1.47 bits per heavy atom. The van der Waals surface area contributed by atoms with Crippen LogP contribution in [0.2, 0.25) is 5.02 Å². The summed E-state index contributed by atoms with van der Waals surface area (Å²) >= 11 is 10.8. The number of carbonyl (C=O) groups is 1. The molecule has 0 spiro atoms. The molecule has 0 fully saturated rings. The molecule has 0 aliphatic carbocycles. The normalized spacial score (nSPS) is 10.1. The number of carbonyl (C=O) groups excluding carboxylic acids is 1. The summed E-state index contributed by atoms with van der Waals surface area (Å²) in [6, 6.07) is 6.75. The summed E-state index contributed by atoms with van der Waals surface area (Å²) in [6.07, 6.45) is 0. The standard InChI is InChI=1S/C11H14ClN3OS/c1-7(2)15(11(13)17)14-10(16)8-5-3-4-6-9(8)12/h3-7H,1-2H3,(H2,13,17)(H,14,16). The lowest BCUT2D eigenvalue weighted by atomic mass is 10.2. The summed E-state index contributed by atoms with van der Waals surface area (Å²) in [5.41, 5.74) is 8.51. The van der Waals surface area contributed by atoms with Crippen molar-refractivity contribution in [3.05, 3.63) is 34.9 Å². The molecule has 4 nitrogen and oxygen atoms in total. The van der Waals surface area contributed by atoms with Crippen LogP contribution >= 0.6 is 23.8 Å². The number of benzene rings is 1. The molecule has 6 heteroatoms. The zero-order valence-electron chi connectivity index (χ0n) is 9.61. The van der Waals surface area contributed by atoms with Crippen molar-refractivity contribution in [2.45, 2.75) is 19.9 Å². The summed E-state index contributed by atoms with van der Waals surface area (Å²) < 4.78 is 0. The van der Waals surface area contributed by atoms with Crippen LogP contribution in [0.5, 0.6) is 0 Å². The van der Waals surface area contributed by atoms with Crippen LogP contribution in [0.4, 0.5) is 0 Å². The minimum atomic E-state index is -0.336. The maximum absolute atomic E-state index is 11.9. The monoisotopic (exact) mass is 271 g/mol. The number of nitrogens with one attached hydrogen (secondary N) is 1. The molecule has 0 radical (unpaired) electrons. The van der Waals surface area contributed by atoms with Gasteiger partial charge in [0, 0.05) is 6.04 Å². The van der Waals surface area contributed by atoms with Gasteiger partial charge in [-0.1, -0.05) is 23.7 Å². The Labute approximate surface area is 111 Å². The second-order valence-electron chi connectivity index (χ2n) is 3.72. The third-order valence-corrected chi connectivity index (χ3v) is 2.62. The van der Waals surface area contributed by atoms with Crippen LogP contribution in [-0.2, 0) is 0 Å². The van der Waals surface area contributed by atoms with Gasteiger partial charge in [0.05, 0.1) is 10.6 Å². The zero-order chi connectivity index (χ0) is 13.0. The lowest BCUT2D eigenvalue weighted by molar-refractivity contribution is 0.0847. The number of amides is 1. The number of hydrogen-bond donors (Lipinski definition) is 2. The van der Waals surface area contributed by atoms with Gasteiger partial charge in [0.1, 0.15) is 0 Å². The first kappa shape index (κ1) is 13.7. The molecule has 1 rings (SSSR count). The zero-order valence-corrected chi connectivity index (χ0v) is 11.2. The first-order valence-corrected chi connectivity index (χ1v) is 5.86. The lowest BCUT2D eigenvalue weighted by Crippen LogP contribution is -2.52. The molecule has 92 valence electrons. The maximum Gasteiger partial charge on any atom is 0.271 e. The Balaban J connectivity index is 2.85. The van der Waals surface area contributed by atoms with Crippen LogP contribution < -0.4 is 11.2 Å². The number of nitrogens with two attached hydrogens (primary N) is 1. The van der Waals surface area contributed by atoms with E-state index in [1.54, 1.807) is 24.3 Å². The van der Waals surface area contributed by atoms with Gasteiger partial charge in [-0.25, -0.2) is 0 Å². The SMILES string of the molecule is CC(C)N(NC(=O)c1ccccc1Cl)C(N)=S. The Bertz CT molecular complexity index is 436. The molecule has 0 saturated carbocycles.